The third kappa shape index (κ3) is 9.67. The molecule has 5 N–H and O–H groups in total. The lowest BCUT2D eigenvalue weighted by Crippen LogP contribution is -2.60. The number of aliphatic hydroxyl groups is 4. The lowest BCUT2D eigenvalue weighted by Gasteiger charge is -2.39. The first kappa shape index (κ1) is 30.7. The minimum Gasteiger partial charge on any atom is -0.755 e. The molecule has 0 unspecified atom stereocenters. The minimum atomic E-state index is -1.58. The third-order valence-corrected chi connectivity index (χ3v) is 5.70. The largest absolute Gasteiger partial charge is 0.755 e. The van der Waals surface area contributed by atoms with E-state index in [2.05, 4.69) is 8.52 Å². The molecule has 1 saturated heterocycles. The molecule has 0 aromatic heterocycles. The number of nitrogens with zero attached hydrogens (tertiary/aromatic N) is 2. The summed E-state index contributed by atoms with van der Waals surface area (Å²) in [6.07, 6.45) is -7.17. The molecule has 15 heteroatoms. The van der Waals surface area contributed by atoms with Gasteiger partial charge in [0.1, 0.15) is 42.8 Å². The maximum atomic E-state index is 12.2. The van der Waals surface area contributed by atoms with Crippen LogP contribution >= 0.6 is 21.3 Å². The maximum Gasteiger partial charge on any atom is 0.408 e. The molecular weight excluding hydrogens is 609 g/mol. The normalized spacial score (nSPS) is 24.3. The number of carbonyl (C=O) groups is 3. The molecule has 1 amide bonds. The van der Waals surface area contributed by atoms with Crippen LogP contribution in [0.1, 0.15) is 25.3 Å². The summed E-state index contributed by atoms with van der Waals surface area (Å²) in [7, 11) is 0. The van der Waals surface area contributed by atoms with Gasteiger partial charge in [0.15, 0.2) is 5.78 Å². The molecule has 1 aromatic carbocycles. The van der Waals surface area contributed by atoms with Crippen molar-refractivity contribution >= 4 is 45.4 Å². The van der Waals surface area contributed by atoms with Gasteiger partial charge in [-0.25, -0.2) is 12.8 Å². The number of amides is 1. The number of benzene rings is 1. The molecule has 0 saturated carbocycles. The number of nitrogens with one attached hydrogen (secondary N) is 1. The molecule has 206 valence electrons. The molecule has 1 heterocycles. The van der Waals surface area contributed by atoms with E-state index in [0.717, 1.165) is 6.21 Å². The van der Waals surface area contributed by atoms with E-state index in [0.29, 0.717) is 5.56 Å². The summed E-state index contributed by atoms with van der Waals surface area (Å²) in [5.41, 5.74) is 0.544. The number of esters is 1. The molecule has 1 aromatic rings. The van der Waals surface area contributed by atoms with E-state index in [4.69, 9.17) is 22.5 Å². The van der Waals surface area contributed by atoms with Crippen molar-refractivity contribution in [2.24, 2.45) is 3.21 Å². The Balaban J connectivity index is 1.89. The maximum absolute atomic E-state index is 12.2. The highest BCUT2D eigenvalue weighted by atomic mass is 127. The zero-order valence-corrected chi connectivity index (χ0v) is 22.0. The summed E-state index contributed by atoms with van der Waals surface area (Å²) >= 11 is -1.42. The number of halogens is 1. The van der Waals surface area contributed by atoms with Crippen LogP contribution < -0.4 is 10.1 Å². The van der Waals surface area contributed by atoms with Gasteiger partial charge in [0.05, 0.1) is 19.4 Å². The summed E-state index contributed by atoms with van der Waals surface area (Å²) in [5.74, 6) is -0.908. The topological polar surface area (TPSA) is 216 Å². The highest BCUT2D eigenvalue weighted by Gasteiger charge is 2.44. The van der Waals surface area contributed by atoms with Gasteiger partial charge in [0.2, 0.25) is 6.29 Å². The van der Waals surface area contributed by atoms with Crippen LogP contribution in [0.5, 0.6) is 5.75 Å². The first-order chi connectivity index (χ1) is 17.7. The van der Waals surface area contributed by atoms with Crippen molar-refractivity contribution in [1.82, 2.24) is 5.32 Å². The smallest absolute Gasteiger partial charge is 0.408 e. The zero-order chi connectivity index (χ0) is 27.4. The van der Waals surface area contributed by atoms with E-state index in [9.17, 15) is 34.8 Å². The molecule has 2 rings (SSSR count). The molecule has 6 atom stereocenters. The number of rotatable bonds is 13. The molecule has 1 aliphatic heterocycles. The Bertz CT molecular complexity index is 944. The third-order valence-electron chi connectivity index (χ3n) is 5.17. The van der Waals surface area contributed by atoms with Crippen LogP contribution in [0, 0.1) is 0 Å². The first-order valence-corrected chi connectivity index (χ1v) is 13.1. The monoisotopic (exact) mass is 638 g/mol. The minimum absolute atomic E-state index is 0.0491. The quantitative estimate of drug-likeness (QED) is 0.111. The summed E-state index contributed by atoms with van der Waals surface area (Å²) < 4.78 is 33.1. The van der Waals surface area contributed by atoms with Crippen molar-refractivity contribution in [2.45, 2.75) is 63.1 Å². The number of hydrogen-bond acceptors (Lipinski definition) is 11. The Morgan fingerprint density at radius 3 is 2.49 bits per heavy atom. The predicted molar refractivity (Wildman–Crippen MR) is 135 cm³/mol. The van der Waals surface area contributed by atoms with Crippen molar-refractivity contribution < 1.29 is 53.8 Å². The summed E-state index contributed by atoms with van der Waals surface area (Å²) in [6, 6.07) is 4.96. The second-order valence-corrected chi connectivity index (χ2v) is 8.78. The molecule has 37 heavy (non-hydrogen) atoms. The van der Waals surface area contributed by atoms with Crippen LogP contribution in [0.4, 0.5) is 4.79 Å². The Labute approximate surface area is 222 Å². The van der Waals surface area contributed by atoms with E-state index in [1.165, 1.54) is 12.1 Å². The van der Waals surface area contributed by atoms with Crippen LogP contribution in [0.15, 0.2) is 27.5 Å². The van der Waals surface area contributed by atoms with Crippen molar-refractivity contribution in [3.8, 4) is 5.75 Å². The van der Waals surface area contributed by atoms with E-state index in [1.807, 2.05) is 0 Å². The lowest BCUT2D eigenvalue weighted by molar-refractivity contribution is -0.277. The number of aliphatic hydroxyl groups excluding tert-OH is 4. The van der Waals surface area contributed by atoms with E-state index in [-0.39, 0.29) is 31.8 Å². The van der Waals surface area contributed by atoms with Crippen LogP contribution in [0.25, 0.3) is 3.56 Å². The van der Waals surface area contributed by atoms with Gasteiger partial charge in [-0.3, -0.25) is 4.79 Å². The molecule has 0 spiro atoms. The van der Waals surface area contributed by atoms with Gasteiger partial charge in [-0.05, 0) is 31.0 Å². The SMILES string of the molecule is CCOC(=O)[C@H](CCC(=O)/C=N/I=[N-])NC(=O)OCc1ccc(O[C@@H]2O[C@H](CO)[C@@H](O)[C@H](O)[C@H]2O)cc1. The molecule has 0 aliphatic carbocycles. The van der Waals surface area contributed by atoms with Crippen LogP contribution in [0.2, 0.25) is 0 Å². The summed E-state index contributed by atoms with van der Waals surface area (Å²) in [4.78, 5) is 36.1. The predicted octanol–water partition coefficient (Wildman–Crippen LogP) is 0.0820. The molecule has 0 bridgehead atoms. The van der Waals surface area contributed by atoms with Crippen molar-refractivity contribution in [1.29, 1.82) is 0 Å². The zero-order valence-electron chi connectivity index (χ0n) is 19.8. The fourth-order valence-corrected chi connectivity index (χ4v) is 3.65. The second-order valence-electron chi connectivity index (χ2n) is 7.79. The van der Waals surface area contributed by atoms with Gasteiger partial charge < -0.3 is 48.3 Å². The average molecular weight is 638 g/mol. The lowest BCUT2D eigenvalue weighted by atomic mass is 9.99. The first-order valence-electron chi connectivity index (χ1n) is 11.2. The van der Waals surface area contributed by atoms with Gasteiger partial charge in [-0.1, -0.05) is 12.1 Å². The number of carbonyl (C=O) groups excluding carboxylic acids is 3. The van der Waals surface area contributed by atoms with Crippen molar-refractivity contribution in [3.05, 3.63) is 33.4 Å². The van der Waals surface area contributed by atoms with Crippen LogP contribution in [-0.2, 0) is 30.4 Å². The van der Waals surface area contributed by atoms with Gasteiger partial charge in [0, 0.05) is 6.42 Å². The van der Waals surface area contributed by atoms with Crippen LogP contribution in [-0.4, -0.2) is 94.4 Å². The van der Waals surface area contributed by atoms with Crippen LogP contribution in [0.3, 0.4) is 0 Å². The Kier molecular flexibility index (Phi) is 12.9. The van der Waals surface area contributed by atoms with E-state index < -0.39 is 82.5 Å². The molecule has 0 radical (unpaired) electrons. The number of Topliss-reactive ketones (excluding diaryl/α,β-unsaturated/α-hetero) is 1. The van der Waals surface area contributed by atoms with Gasteiger partial charge in [0.25, 0.3) is 0 Å². The molecule has 1 aliphatic rings. The number of ether oxygens (including phenoxy) is 4. The number of alkyl carbamates (subject to hydrolysis) is 1. The second kappa shape index (κ2) is 15.6. The van der Waals surface area contributed by atoms with Gasteiger partial charge >= 0.3 is 12.1 Å². The van der Waals surface area contributed by atoms with E-state index >= 15 is 0 Å². The summed E-state index contributed by atoms with van der Waals surface area (Å²) in [5, 5.41) is 41.4. The molecular formula is C22H29IN3O11-. The average Bonchev–Trinajstić information content (AvgIpc) is 2.89. The number of hydrogen-bond donors (Lipinski definition) is 5. The standard InChI is InChI=1S/C22H29IN3O11/c1-2-34-20(32)15(8-5-13(28)9-25-23-24)26-22(33)35-11-12-3-6-14(7-4-12)36-21-19(31)18(30)17(29)16(10-27)37-21/h3-4,6-7,9,15-19,21,27,29-31H,2,5,8,10-11H2,1H3,(H,26,33)/q-1/b25-9+/t15-,16+,17+,18-,19+,21+/m0/s1. The Hall–Kier alpha value is -2.57. The van der Waals surface area contributed by atoms with E-state index in [1.54, 1.807) is 19.1 Å². The molecule has 14 nitrogen and oxygen atoms in total. The number of ketones is 1. The Morgan fingerprint density at radius 2 is 1.86 bits per heavy atom. The van der Waals surface area contributed by atoms with Crippen molar-refractivity contribution in [3.63, 3.8) is 0 Å². The fourth-order valence-electron chi connectivity index (χ4n) is 3.22. The van der Waals surface area contributed by atoms with Crippen molar-refractivity contribution in [2.75, 3.05) is 13.2 Å². The fraction of sp³-hybridized carbons (Fsp3) is 0.545. The van der Waals surface area contributed by atoms with Gasteiger partial charge in [-0.2, -0.15) is 0 Å². The molecule has 1 fully saturated rings. The Morgan fingerprint density at radius 1 is 1.16 bits per heavy atom. The highest BCUT2D eigenvalue weighted by Crippen LogP contribution is 2.24. The summed E-state index contributed by atoms with van der Waals surface area (Å²) in [6.45, 7) is 0.915. The van der Waals surface area contributed by atoms with Gasteiger partial charge in [-0.15, -0.1) is 21.3 Å². The highest BCUT2D eigenvalue weighted by molar-refractivity contribution is 14.2.